The van der Waals surface area contributed by atoms with Crippen LogP contribution in [0.5, 0.6) is 0 Å². The average Bonchev–Trinajstić information content (AvgIpc) is 2.38. The molecule has 0 saturated carbocycles. The summed E-state index contributed by atoms with van der Waals surface area (Å²) in [5, 5.41) is 0. The normalized spacial score (nSPS) is 13.4. The van der Waals surface area contributed by atoms with Gasteiger partial charge in [0, 0.05) is 19.8 Å². The summed E-state index contributed by atoms with van der Waals surface area (Å²) in [7, 11) is -1.24. The summed E-state index contributed by atoms with van der Waals surface area (Å²) in [6, 6.07) is 8.61. The minimum atomic E-state index is -3.63. The monoisotopic (exact) mass is 258 g/mol. The van der Waals surface area contributed by atoms with E-state index in [1.165, 1.54) is 21.1 Å². The summed E-state index contributed by atoms with van der Waals surface area (Å²) < 4.78 is 25.9. The van der Waals surface area contributed by atoms with Crippen molar-refractivity contribution in [3.63, 3.8) is 0 Å². The van der Waals surface area contributed by atoms with Crippen LogP contribution in [0, 0.1) is 0 Å². The highest BCUT2D eigenvalue weighted by atomic mass is 31.2. The highest BCUT2D eigenvalue weighted by molar-refractivity contribution is 7.48. The van der Waals surface area contributed by atoms with Gasteiger partial charge in [-0.25, -0.2) is 4.57 Å². The summed E-state index contributed by atoms with van der Waals surface area (Å²) in [4.78, 5) is 11.9. The lowest BCUT2D eigenvalue weighted by atomic mass is 10.1. The van der Waals surface area contributed by atoms with Crippen molar-refractivity contribution < 1.29 is 22.9 Å². The Morgan fingerprint density at radius 3 is 2.18 bits per heavy atom. The number of carbonyl (C=O) groups is 1. The van der Waals surface area contributed by atoms with Gasteiger partial charge >= 0.3 is 7.82 Å². The van der Waals surface area contributed by atoms with E-state index in [2.05, 4.69) is 9.05 Å². The molecular weight excluding hydrogens is 243 g/mol. The van der Waals surface area contributed by atoms with Gasteiger partial charge in [-0.2, -0.15) is 0 Å². The van der Waals surface area contributed by atoms with Gasteiger partial charge in [0.1, 0.15) is 6.10 Å². The van der Waals surface area contributed by atoms with Crippen molar-refractivity contribution >= 4 is 13.6 Å². The quantitative estimate of drug-likeness (QED) is 0.580. The van der Waals surface area contributed by atoms with Crippen LogP contribution in [0.1, 0.15) is 17.3 Å². The van der Waals surface area contributed by atoms with Crippen molar-refractivity contribution in [2.75, 3.05) is 14.2 Å². The smallest absolute Gasteiger partial charge is 0.291 e. The van der Waals surface area contributed by atoms with Crippen LogP contribution in [0.15, 0.2) is 30.3 Å². The molecule has 0 N–H and O–H groups in total. The minimum Gasteiger partial charge on any atom is -0.291 e. The van der Waals surface area contributed by atoms with Gasteiger partial charge in [0.05, 0.1) is 0 Å². The topological polar surface area (TPSA) is 61.8 Å². The molecule has 0 heterocycles. The summed E-state index contributed by atoms with van der Waals surface area (Å²) >= 11 is 0. The molecule has 0 aliphatic carbocycles. The van der Waals surface area contributed by atoms with E-state index < -0.39 is 13.9 Å². The molecule has 17 heavy (non-hydrogen) atoms. The number of rotatable bonds is 6. The molecule has 0 aliphatic rings. The Kier molecular flexibility index (Phi) is 5.02. The molecule has 6 heteroatoms. The lowest BCUT2D eigenvalue weighted by Gasteiger charge is -2.17. The fraction of sp³-hybridized carbons (Fsp3) is 0.364. The summed E-state index contributed by atoms with van der Waals surface area (Å²) in [5.74, 6) is -0.278. The summed E-state index contributed by atoms with van der Waals surface area (Å²) in [6.07, 6.45) is -0.900. The van der Waals surface area contributed by atoms with E-state index >= 15 is 0 Å². The van der Waals surface area contributed by atoms with Crippen molar-refractivity contribution in [1.29, 1.82) is 0 Å². The molecule has 0 spiro atoms. The molecule has 94 valence electrons. The third-order valence-electron chi connectivity index (χ3n) is 2.16. The molecule has 0 radical (unpaired) electrons. The second-order valence-corrected chi connectivity index (χ2v) is 5.13. The van der Waals surface area contributed by atoms with Crippen molar-refractivity contribution in [1.82, 2.24) is 0 Å². The van der Waals surface area contributed by atoms with Crippen molar-refractivity contribution in [2.24, 2.45) is 0 Å². The fourth-order valence-corrected chi connectivity index (χ4v) is 2.04. The standard InChI is InChI=1S/C11H15O5P/c1-9(16-17(13,14-2)15-3)11(12)10-7-5-4-6-8-10/h4-9H,1-3H3/t9-/m1/s1. The van der Waals surface area contributed by atoms with Gasteiger partial charge in [-0.05, 0) is 6.92 Å². The first-order valence-electron chi connectivity index (χ1n) is 5.01. The number of phosphoric ester groups is 1. The number of Topliss-reactive ketones (excluding diaryl/α,β-unsaturated/α-hetero) is 1. The largest absolute Gasteiger partial charge is 0.474 e. The molecule has 5 nitrogen and oxygen atoms in total. The van der Waals surface area contributed by atoms with Crippen molar-refractivity contribution in [3.05, 3.63) is 35.9 Å². The summed E-state index contributed by atoms with van der Waals surface area (Å²) in [5.41, 5.74) is 0.485. The van der Waals surface area contributed by atoms with Crippen LogP contribution in [0.4, 0.5) is 0 Å². The van der Waals surface area contributed by atoms with Gasteiger partial charge in [0.2, 0.25) is 0 Å². The summed E-state index contributed by atoms with van der Waals surface area (Å²) in [6.45, 7) is 1.50. The van der Waals surface area contributed by atoms with Gasteiger partial charge in [-0.15, -0.1) is 0 Å². The molecule has 0 fully saturated rings. The van der Waals surface area contributed by atoms with Gasteiger partial charge in [-0.3, -0.25) is 18.4 Å². The van der Waals surface area contributed by atoms with Crippen LogP contribution in [0.2, 0.25) is 0 Å². The van der Waals surface area contributed by atoms with E-state index in [-0.39, 0.29) is 5.78 Å². The number of phosphoric acid groups is 1. The fourth-order valence-electron chi connectivity index (χ4n) is 1.24. The zero-order chi connectivity index (χ0) is 12.9. The van der Waals surface area contributed by atoms with Crippen LogP contribution < -0.4 is 0 Å². The molecule has 1 aromatic rings. The SMILES string of the molecule is COP(=O)(OC)O[C@H](C)C(=O)c1ccccc1. The molecule has 0 saturated heterocycles. The molecule has 0 unspecified atom stereocenters. The Hall–Kier alpha value is -1.00. The number of carbonyl (C=O) groups excluding carboxylic acids is 1. The van der Waals surface area contributed by atoms with Gasteiger partial charge < -0.3 is 0 Å². The van der Waals surface area contributed by atoms with Crippen LogP contribution in [-0.4, -0.2) is 26.1 Å². The van der Waals surface area contributed by atoms with Crippen molar-refractivity contribution in [3.8, 4) is 0 Å². The molecule has 1 atom stereocenters. The predicted octanol–water partition coefficient (Wildman–Crippen LogP) is 2.68. The average molecular weight is 258 g/mol. The van der Waals surface area contributed by atoms with E-state index in [0.29, 0.717) is 5.56 Å². The van der Waals surface area contributed by atoms with Crippen molar-refractivity contribution in [2.45, 2.75) is 13.0 Å². The Morgan fingerprint density at radius 2 is 1.71 bits per heavy atom. The Labute approximate surface area is 100 Å². The number of ketones is 1. The number of benzene rings is 1. The van der Waals surface area contributed by atoms with Crippen LogP contribution in [0.3, 0.4) is 0 Å². The first-order valence-corrected chi connectivity index (χ1v) is 6.47. The second-order valence-electron chi connectivity index (χ2n) is 3.29. The lowest BCUT2D eigenvalue weighted by Crippen LogP contribution is -2.20. The van der Waals surface area contributed by atoms with Crippen LogP contribution >= 0.6 is 7.82 Å². The first-order chi connectivity index (χ1) is 8.02. The van der Waals surface area contributed by atoms with E-state index in [1.54, 1.807) is 30.3 Å². The molecule has 0 aromatic heterocycles. The maximum absolute atomic E-state index is 11.9. The number of hydrogen-bond acceptors (Lipinski definition) is 5. The molecule has 1 rings (SSSR count). The first kappa shape index (κ1) is 14.1. The predicted molar refractivity (Wildman–Crippen MR) is 62.9 cm³/mol. The van der Waals surface area contributed by atoms with E-state index in [1.807, 2.05) is 0 Å². The Morgan fingerprint density at radius 1 is 1.18 bits per heavy atom. The molecular formula is C11H15O5P. The third kappa shape index (κ3) is 3.75. The highest BCUT2D eigenvalue weighted by Crippen LogP contribution is 2.48. The molecule has 0 bridgehead atoms. The lowest BCUT2D eigenvalue weighted by molar-refractivity contribution is 0.0697. The van der Waals surface area contributed by atoms with Crippen LogP contribution in [-0.2, 0) is 18.1 Å². The maximum atomic E-state index is 11.9. The second kappa shape index (κ2) is 6.07. The maximum Gasteiger partial charge on any atom is 0.474 e. The molecule has 0 aliphatic heterocycles. The molecule has 0 amide bonds. The molecule has 1 aromatic carbocycles. The Bertz CT molecular complexity index is 409. The minimum absolute atomic E-state index is 0.278. The zero-order valence-corrected chi connectivity index (χ0v) is 10.8. The van der Waals surface area contributed by atoms with Gasteiger partial charge in [0.15, 0.2) is 5.78 Å². The zero-order valence-electron chi connectivity index (χ0n) is 9.95. The van der Waals surface area contributed by atoms with Crippen LogP contribution in [0.25, 0.3) is 0 Å². The number of hydrogen-bond donors (Lipinski definition) is 0. The highest BCUT2D eigenvalue weighted by Gasteiger charge is 2.29. The van der Waals surface area contributed by atoms with Gasteiger partial charge in [-0.1, -0.05) is 30.3 Å². The Balaban J connectivity index is 2.75. The van der Waals surface area contributed by atoms with E-state index in [4.69, 9.17) is 4.52 Å². The van der Waals surface area contributed by atoms with Gasteiger partial charge in [0.25, 0.3) is 0 Å². The van der Waals surface area contributed by atoms with E-state index in [0.717, 1.165) is 0 Å². The van der Waals surface area contributed by atoms with E-state index in [9.17, 15) is 9.36 Å². The third-order valence-corrected chi connectivity index (χ3v) is 3.63.